The van der Waals surface area contributed by atoms with Crippen LogP contribution in [-0.4, -0.2) is 44.3 Å². The predicted octanol–water partition coefficient (Wildman–Crippen LogP) is 2.49. The summed E-state index contributed by atoms with van der Waals surface area (Å²) in [4.78, 5) is 8.24. The van der Waals surface area contributed by atoms with E-state index in [1.807, 2.05) is 6.07 Å². The standard InChI is InChI=1S/C15H23ClN4O.HI/c1-17-15(19-8-9-21-11-13-2-3-13)18-7-6-12-4-5-14(16)20-10-12;/h4-5,10,13H,2-3,6-9,11H2,1H3,(H2,17,18,19);1H. The molecule has 0 aliphatic heterocycles. The van der Waals surface area contributed by atoms with E-state index in [9.17, 15) is 0 Å². The lowest BCUT2D eigenvalue weighted by Gasteiger charge is -2.12. The third-order valence-corrected chi connectivity index (χ3v) is 3.53. The highest BCUT2D eigenvalue weighted by molar-refractivity contribution is 14.0. The monoisotopic (exact) mass is 438 g/mol. The third kappa shape index (κ3) is 8.14. The summed E-state index contributed by atoms with van der Waals surface area (Å²) in [6, 6.07) is 3.79. The molecular formula is C15H24ClIN4O. The molecule has 1 fully saturated rings. The summed E-state index contributed by atoms with van der Waals surface area (Å²) in [6.45, 7) is 3.19. The zero-order valence-electron chi connectivity index (χ0n) is 12.8. The molecule has 124 valence electrons. The van der Waals surface area contributed by atoms with Crippen LogP contribution in [0.1, 0.15) is 18.4 Å². The number of hydrogen-bond acceptors (Lipinski definition) is 3. The van der Waals surface area contributed by atoms with Crippen LogP contribution >= 0.6 is 35.6 Å². The van der Waals surface area contributed by atoms with Crippen LogP contribution in [0, 0.1) is 5.92 Å². The Balaban J connectivity index is 0.00000242. The molecule has 0 atom stereocenters. The van der Waals surface area contributed by atoms with E-state index in [4.69, 9.17) is 16.3 Å². The molecule has 0 spiro atoms. The van der Waals surface area contributed by atoms with Crippen molar-refractivity contribution in [3.63, 3.8) is 0 Å². The molecule has 0 unspecified atom stereocenters. The van der Waals surface area contributed by atoms with Gasteiger partial charge in [0.05, 0.1) is 6.61 Å². The SMILES string of the molecule is CN=C(NCCOCC1CC1)NCCc1ccc(Cl)nc1.I. The van der Waals surface area contributed by atoms with Crippen LogP contribution in [0.15, 0.2) is 23.3 Å². The highest BCUT2D eigenvalue weighted by atomic mass is 127. The van der Waals surface area contributed by atoms with Crippen molar-refractivity contribution in [2.45, 2.75) is 19.3 Å². The van der Waals surface area contributed by atoms with Crippen LogP contribution in [-0.2, 0) is 11.2 Å². The minimum atomic E-state index is 0. The maximum absolute atomic E-state index is 5.76. The molecular weight excluding hydrogens is 415 g/mol. The van der Waals surface area contributed by atoms with Gasteiger partial charge in [-0.3, -0.25) is 4.99 Å². The van der Waals surface area contributed by atoms with Gasteiger partial charge in [-0.2, -0.15) is 0 Å². The van der Waals surface area contributed by atoms with Crippen LogP contribution < -0.4 is 10.6 Å². The van der Waals surface area contributed by atoms with Crippen LogP contribution in [0.3, 0.4) is 0 Å². The van der Waals surface area contributed by atoms with E-state index < -0.39 is 0 Å². The van der Waals surface area contributed by atoms with Crippen molar-refractivity contribution in [2.75, 3.05) is 33.4 Å². The lowest BCUT2D eigenvalue weighted by atomic mass is 10.2. The summed E-state index contributed by atoms with van der Waals surface area (Å²) in [6.07, 6.45) is 5.33. The van der Waals surface area contributed by atoms with Gasteiger partial charge in [0.25, 0.3) is 0 Å². The molecule has 1 aromatic heterocycles. The Morgan fingerprint density at radius 1 is 1.36 bits per heavy atom. The quantitative estimate of drug-likeness (QED) is 0.215. The molecule has 0 aromatic carbocycles. The Bertz CT molecular complexity index is 451. The number of aliphatic imine (C=N–C) groups is 1. The number of halogens is 2. The molecule has 0 bridgehead atoms. The maximum atomic E-state index is 5.76. The molecule has 1 heterocycles. The van der Waals surface area contributed by atoms with Gasteiger partial charge in [0.2, 0.25) is 0 Å². The Morgan fingerprint density at radius 3 is 2.77 bits per heavy atom. The highest BCUT2D eigenvalue weighted by Crippen LogP contribution is 2.28. The van der Waals surface area contributed by atoms with E-state index in [0.29, 0.717) is 5.15 Å². The van der Waals surface area contributed by atoms with Crippen LogP contribution in [0.2, 0.25) is 5.15 Å². The van der Waals surface area contributed by atoms with Crippen LogP contribution in [0.25, 0.3) is 0 Å². The van der Waals surface area contributed by atoms with Gasteiger partial charge in [-0.25, -0.2) is 4.98 Å². The Labute approximate surface area is 154 Å². The van der Waals surface area contributed by atoms with Gasteiger partial charge in [-0.1, -0.05) is 17.7 Å². The first-order valence-corrected chi connectivity index (χ1v) is 7.78. The van der Waals surface area contributed by atoms with Crippen molar-refractivity contribution < 1.29 is 4.74 Å². The molecule has 5 nitrogen and oxygen atoms in total. The van der Waals surface area contributed by atoms with Gasteiger partial charge in [0, 0.05) is 32.9 Å². The van der Waals surface area contributed by atoms with E-state index in [2.05, 4.69) is 20.6 Å². The molecule has 1 aliphatic carbocycles. The van der Waals surface area contributed by atoms with Gasteiger partial charge in [0.15, 0.2) is 5.96 Å². The summed E-state index contributed by atoms with van der Waals surface area (Å²) >= 11 is 5.76. The number of nitrogens with zero attached hydrogens (tertiary/aromatic N) is 2. The topological polar surface area (TPSA) is 58.5 Å². The van der Waals surface area contributed by atoms with E-state index in [-0.39, 0.29) is 24.0 Å². The first-order valence-electron chi connectivity index (χ1n) is 7.40. The fraction of sp³-hybridized carbons (Fsp3) is 0.600. The molecule has 2 N–H and O–H groups in total. The average Bonchev–Trinajstić information content (AvgIpc) is 3.31. The lowest BCUT2D eigenvalue weighted by Crippen LogP contribution is -2.39. The Kier molecular flexibility index (Phi) is 9.74. The minimum Gasteiger partial charge on any atom is -0.379 e. The molecule has 22 heavy (non-hydrogen) atoms. The highest BCUT2D eigenvalue weighted by Gasteiger charge is 2.20. The molecule has 1 aliphatic rings. The second-order valence-electron chi connectivity index (χ2n) is 5.18. The molecule has 1 aromatic rings. The van der Waals surface area contributed by atoms with Crippen molar-refractivity contribution >= 4 is 41.5 Å². The first-order chi connectivity index (χ1) is 10.3. The van der Waals surface area contributed by atoms with E-state index in [1.54, 1.807) is 19.3 Å². The van der Waals surface area contributed by atoms with Gasteiger partial charge >= 0.3 is 0 Å². The second kappa shape index (κ2) is 11.0. The number of ether oxygens (including phenoxy) is 1. The summed E-state index contributed by atoms with van der Waals surface area (Å²) in [5, 5.41) is 7.03. The number of pyridine rings is 1. The zero-order chi connectivity index (χ0) is 14.9. The van der Waals surface area contributed by atoms with Gasteiger partial charge in [-0.05, 0) is 36.8 Å². The molecule has 1 saturated carbocycles. The van der Waals surface area contributed by atoms with Crippen molar-refractivity contribution in [1.82, 2.24) is 15.6 Å². The molecule has 0 saturated heterocycles. The lowest BCUT2D eigenvalue weighted by molar-refractivity contribution is 0.129. The number of nitrogens with one attached hydrogen (secondary N) is 2. The molecule has 2 rings (SSSR count). The molecule has 0 radical (unpaired) electrons. The van der Waals surface area contributed by atoms with Crippen LogP contribution in [0.5, 0.6) is 0 Å². The smallest absolute Gasteiger partial charge is 0.191 e. The summed E-state index contributed by atoms with van der Waals surface area (Å²) < 4.78 is 5.57. The third-order valence-electron chi connectivity index (χ3n) is 3.31. The van der Waals surface area contributed by atoms with Gasteiger partial charge < -0.3 is 15.4 Å². The van der Waals surface area contributed by atoms with Gasteiger partial charge in [-0.15, -0.1) is 24.0 Å². The number of rotatable bonds is 8. The maximum Gasteiger partial charge on any atom is 0.191 e. The van der Waals surface area contributed by atoms with Crippen molar-refractivity contribution in [3.8, 4) is 0 Å². The minimum absolute atomic E-state index is 0. The molecule has 0 amide bonds. The Morgan fingerprint density at radius 2 is 2.14 bits per heavy atom. The summed E-state index contributed by atoms with van der Waals surface area (Å²) in [5.74, 6) is 1.61. The average molecular weight is 439 g/mol. The fourth-order valence-electron chi connectivity index (χ4n) is 1.88. The van der Waals surface area contributed by atoms with E-state index in [0.717, 1.165) is 50.2 Å². The van der Waals surface area contributed by atoms with E-state index >= 15 is 0 Å². The van der Waals surface area contributed by atoms with Crippen molar-refractivity contribution in [2.24, 2.45) is 10.9 Å². The van der Waals surface area contributed by atoms with E-state index in [1.165, 1.54) is 12.8 Å². The fourth-order valence-corrected chi connectivity index (χ4v) is 1.99. The normalized spacial score (nSPS) is 14.4. The summed E-state index contributed by atoms with van der Waals surface area (Å²) in [7, 11) is 1.77. The second-order valence-corrected chi connectivity index (χ2v) is 5.57. The molecule has 7 heteroatoms. The zero-order valence-corrected chi connectivity index (χ0v) is 15.9. The van der Waals surface area contributed by atoms with Crippen molar-refractivity contribution in [3.05, 3.63) is 29.0 Å². The number of hydrogen-bond donors (Lipinski definition) is 2. The Hall–Kier alpha value is -0.600. The first kappa shape index (κ1) is 19.4. The van der Waals surface area contributed by atoms with Gasteiger partial charge in [0.1, 0.15) is 5.15 Å². The number of aromatic nitrogens is 1. The largest absolute Gasteiger partial charge is 0.379 e. The summed E-state index contributed by atoms with van der Waals surface area (Å²) in [5.41, 5.74) is 1.15. The number of guanidine groups is 1. The van der Waals surface area contributed by atoms with Crippen LogP contribution in [0.4, 0.5) is 0 Å². The predicted molar refractivity (Wildman–Crippen MR) is 101 cm³/mol. The van der Waals surface area contributed by atoms with Crippen molar-refractivity contribution in [1.29, 1.82) is 0 Å².